The molecular formula is C19H21N5O2S. The fourth-order valence-corrected chi connectivity index (χ4v) is 2.95. The van der Waals surface area contributed by atoms with E-state index in [1.165, 1.54) is 0 Å². The molecule has 0 saturated heterocycles. The molecule has 1 unspecified atom stereocenters. The van der Waals surface area contributed by atoms with Crippen molar-refractivity contribution in [3.05, 3.63) is 59.1 Å². The number of hydrogen-bond acceptors (Lipinski definition) is 5. The van der Waals surface area contributed by atoms with Crippen LogP contribution >= 0.6 is 12.2 Å². The molecule has 0 aliphatic heterocycles. The monoisotopic (exact) mass is 383 g/mol. The molecule has 2 N–H and O–H groups in total. The lowest BCUT2D eigenvalue weighted by atomic mass is 10.1. The van der Waals surface area contributed by atoms with Gasteiger partial charge in [-0.25, -0.2) is 0 Å². The summed E-state index contributed by atoms with van der Waals surface area (Å²) in [5, 5.41) is 10.1. The van der Waals surface area contributed by atoms with Gasteiger partial charge in [-0.1, -0.05) is 6.07 Å². The van der Waals surface area contributed by atoms with Gasteiger partial charge in [-0.15, -0.1) is 0 Å². The number of nitrogens with zero attached hydrogens (tertiary/aromatic N) is 3. The fraction of sp³-hybridized carbons (Fsp3) is 0.263. The highest BCUT2D eigenvalue weighted by atomic mass is 32.1. The van der Waals surface area contributed by atoms with Gasteiger partial charge < -0.3 is 10.1 Å². The lowest BCUT2D eigenvalue weighted by molar-refractivity contribution is -0.121. The smallest absolute Gasteiger partial charge is 0.222 e. The number of benzene rings is 1. The Morgan fingerprint density at radius 1 is 1.33 bits per heavy atom. The van der Waals surface area contributed by atoms with Crippen molar-refractivity contribution in [2.45, 2.75) is 25.9 Å². The number of H-pyrrole nitrogens is 1. The Kier molecular flexibility index (Phi) is 5.97. The summed E-state index contributed by atoms with van der Waals surface area (Å²) in [4.78, 5) is 16.4. The van der Waals surface area contributed by atoms with E-state index in [9.17, 15) is 4.79 Å². The molecule has 0 saturated carbocycles. The molecule has 140 valence electrons. The third-order valence-electron chi connectivity index (χ3n) is 4.23. The van der Waals surface area contributed by atoms with Gasteiger partial charge in [0, 0.05) is 30.9 Å². The quantitative estimate of drug-likeness (QED) is 0.612. The van der Waals surface area contributed by atoms with Crippen LogP contribution in [0.4, 0.5) is 0 Å². The van der Waals surface area contributed by atoms with Crippen molar-refractivity contribution in [3.63, 3.8) is 0 Å². The summed E-state index contributed by atoms with van der Waals surface area (Å²) >= 11 is 5.32. The predicted octanol–water partition coefficient (Wildman–Crippen LogP) is 3.28. The van der Waals surface area contributed by atoms with Crippen molar-refractivity contribution in [2.24, 2.45) is 0 Å². The molecule has 3 rings (SSSR count). The van der Waals surface area contributed by atoms with Gasteiger partial charge in [0.2, 0.25) is 5.91 Å². The Bertz CT molecular complexity index is 950. The molecule has 7 nitrogen and oxygen atoms in total. The highest BCUT2D eigenvalue weighted by molar-refractivity contribution is 7.71. The maximum atomic E-state index is 12.3. The van der Waals surface area contributed by atoms with Crippen LogP contribution in [0.3, 0.4) is 0 Å². The van der Waals surface area contributed by atoms with Gasteiger partial charge in [0.25, 0.3) is 0 Å². The first-order valence-electron chi connectivity index (χ1n) is 8.57. The third kappa shape index (κ3) is 4.59. The van der Waals surface area contributed by atoms with Crippen molar-refractivity contribution in [1.29, 1.82) is 0 Å². The number of ether oxygens (including phenoxy) is 1. The summed E-state index contributed by atoms with van der Waals surface area (Å²) in [6.45, 7) is 2.36. The standard InChI is InChI=1S/C19H21N5O2S/c1-13(15-4-3-10-20-12-15)21-17(25)9-11-24-18(22-23-19(24)27)14-5-7-16(26-2)8-6-14/h3-8,10,12-13H,9,11H2,1-2H3,(H,21,25)(H,23,27). The van der Waals surface area contributed by atoms with E-state index in [-0.39, 0.29) is 11.9 Å². The lowest BCUT2D eigenvalue weighted by Gasteiger charge is -2.14. The van der Waals surface area contributed by atoms with Crippen LogP contribution in [0.15, 0.2) is 48.8 Å². The average molecular weight is 383 g/mol. The molecule has 1 aromatic carbocycles. The molecule has 0 fully saturated rings. The van der Waals surface area contributed by atoms with Crippen molar-refractivity contribution < 1.29 is 9.53 Å². The number of rotatable bonds is 7. The summed E-state index contributed by atoms with van der Waals surface area (Å²) in [5.74, 6) is 1.40. The Balaban J connectivity index is 1.66. The minimum atomic E-state index is -0.107. The van der Waals surface area contributed by atoms with E-state index in [1.54, 1.807) is 19.5 Å². The number of methoxy groups -OCH3 is 1. The molecule has 2 aromatic heterocycles. The highest BCUT2D eigenvalue weighted by Crippen LogP contribution is 2.21. The molecular weight excluding hydrogens is 362 g/mol. The number of hydrogen-bond donors (Lipinski definition) is 2. The molecule has 3 aromatic rings. The number of amides is 1. The molecule has 27 heavy (non-hydrogen) atoms. The van der Waals surface area contributed by atoms with Crippen molar-refractivity contribution in [1.82, 2.24) is 25.1 Å². The van der Waals surface area contributed by atoms with Crippen molar-refractivity contribution in [3.8, 4) is 17.1 Å². The number of pyridine rings is 1. The Morgan fingerprint density at radius 2 is 2.11 bits per heavy atom. The van der Waals surface area contributed by atoms with E-state index < -0.39 is 0 Å². The summed E-state index contributed by atoms with van der Waals surface area (Å²) < 4.78 is 7.49. The zero-order chi connectivity index (χ0) is 19.2. The van der Waals surface area contributed by atoms with E-state index >= 15 is 0 Å². The first-order chi connectivity index (χ1) is 13.1. The topological polar surface area (TPSA) is 84.8 Å². The molecule has 2 heterocycles. The van der Waals surface area contributed by atoms with Crippen LogP contribution in [-0.4, -0.2) is 32.8 Å². The summed E-state index contributed by atoms with van der Waals surface area (Å²) in [7, 11) is 1.62. The average Bonchev–Trinajstić information content (AvgIpc) is 3.07. The van der Waals surface area contributed by atoms with Crippen molar-refractivity contribution in [2.75, 3.05) is 7.11 Å². The lowest BCUT2D eigenvalue weighted by Crippen LogP contribution is -2.27. The zero-order valence-electron chi connectivity index (χ0n) is 15.2. The van der Waals surface area contributed by atoms with Gasteiger partial charge in [-0.2, -0.15) is 5.10 Å². The molecule has 0 aliphatic rings. The van der Waals surface area contributed by atoms with E-state index in [1.807, 2.05) is 47.9 Å². The first-order valence-corrected chi connectivity index (χ1v) is 8.98. The largest absolute Gasteiger partial charge is 0.497 e. The second kappa shape index (κ2) is 8.59. The van der Waals surface area contributed by atoms with Crippen LogP contribution in [-0.2, 0) is 11.3 Å². The van der Waals surface area contributed by atoms with E-state index in [0.29, 0.717) is 23.6 Å². The van der Waals surface area contributed by atoms with E-state index in [0.717, 1.165) is 16.9 Å². The fourth-order valence-electron chi connectivity index (χ4n) is 2.73. The molecule has 1 amide bonds. The van der Waals surface area contributed by atoms with Crippen LogP contribution in [0.1, 0.15) is 24.9 Å². The number of aromatic amines is 1. The third-order valence-corrected chi connectivity index (χ3v) is 4.54. The minimum Gasteiger partial charge on any atom is -0.497 e. The zero-order valence-corrected chi connectivity index (χ0v) is 16.0. The van der Waals surface area contributed by atoms with Gasteiger partial charge in [0.05, 0.1) is 13.2 Å². The van der Waals surface area contributed by atoms with E-state index in [2.05, 4.69) is 20.5 Å². The van der Waals surface area contributed by atoms with E-state index in [4.69, 9.17) is 17.0 Å². The van der Waals surface area contributed by atoms with Crippen LogP contribution in [0, 0.1) is 4.77 Å². The normalized spacial score (nSPS) is 11.8. The molecule has 0 spiro atoms. The molecule has 0 aliphatic carbocycles. The van der Waals surface area contributed by atoms with Crippen LogP contribution in [0.25, 0.3) is 11.4 Å². The Hall–Kier alpha value is -3.00. The van der Waals surface area contributed by atoms with Crippen LogP contribution in [0.5, 0.6) is 5.75 Å². The van der Waals surface area contributed by atoms with Gasteiger partial charge in [0.1, 0.15) is 5.75 Å². The predicted molar refractivity (Wildman–Crippen MR) is 105 cm³/mol. The Morgan fingerprint density at radius 3 is 2.78 bits per heavy atom. The molecule has 1 atom stereocenters. The summed E-state index contributed by atoms with van der Waals surface area (Å²) in [6, 6.07) is 11.2. The Labute approximate surface area is 162 Å². The first kappa shape index (κ1) is 18.8. The van der Waals surface area contributed by atoms with Crippen LogP contribution < -0.4 is 10.1 Å². The van der Waals surface area contributed by atoms with Gasteiger partial charge in [0.15, 0.2) is 10.6 Å². The minimum absolute atomic E-state index is 0.0601. The maximum absolute atomic E-state index is 12.3. The second-order valence-corrected chi connectivity index (χ2v) is 6.44. The summed E-state index contributed by atoms with van der Waals surface area (Å²) in [5.41, 5.74) is 1.86. The number of carbonyl (C=O) groups is 1. The highest BCUT2D eigenvalue weighted by Gasteiger charge is 2.13. The molecule has 8 heteroatoms. The number of carbonyl (C=O) groups excluding carboxylic acids is 1. The number of nitrogens with one attached hydrogen (secondary N) is 2. The van der Waals surface area contributed by atoms with Crippen molar-refractivity contribution >= 4 is 18.1 Å². The second-order valence-electron chi connectivity index (χ2n) is 6.06. The SMILES string of the molecule is COc1ccc(-c2n[nH]c(=S)n2CCC(=O)NC(C)c2cccnc2)cc1. The van der Waals surface area contributed by atoms with Crippen LogP contribution in [0.2, 0.25) is 0 Å². The van der Waals surface area contributed by atoms with Gasteiger partial charge in [-0.3, -0.25) is 19.4 Å². The number of aromatic nitrogens is 4. The molecule has 0 radical (unpaired) electrons. The van der Waals surface area contributed by atoms with Gasteiger partial charge >= 0.3 is 0 Å². The molecule has 0 bridgehead atoms. The summed E-state index contributed by atoms with van der Waals surface area (Å²) in [6.07, 6.45) is 3.75. The maximum Gasteiger partial charge on any atom is 0.222 e. The van der Waals surface area contributed by atoms with Gasteiger partial charge in [-0.05, 0) is 55.0 Å².